The average Bonchev–Trinajstić information content (AvgIpc) is 2.79. The molecule has 0 spiro atoms. The zero-order valence-electron chi connectivity index (χ0n) is 11.5. The lowest BCUT2D eigenvalue weighted by Gasteiger charge is -2.21. The van der Waals surface area contributed by atoms with Crippen LogP contribution in [0.15, 0.2) is 30.3 Å². The van der Waals surface area contributed by atoms with E-state index in [0.717, 1.165) is 34.2 Å². The molecule has 1 aromatic carbocycles. The number of para-hydroxylation sites is 1. The van der Waals surface area contributed by atoms with Gasteiger partial charge in [-0.2, -0.15) is 0 Å². The van der Waals surface area contributed by atoms with E-state index in [2.05, 4.69) is 12.2 Å². The summed E-state index contributed by atoms with van der Waals surface area (Å²) in [5.41, 5.74) is 2.07. The summed E-state index contributed by atoms with van der Waals surface area (Å²) in [6.07, 6.45) is 1.04. The van der Waals surface area contributed by atoms with Crippen LogP contribution in [0.1, 0.15) is 30.5 Å². The van der Waals surface area contributed by atoms with Crippen LogP contribution in [-0.2, 0) is 0 Å². The van der Waals surface area contributed by atoms with Crippen molar-refractivity contribution in [3.63, 3.8) is 0 Å². The Labute approximate surface area is 133 Å². The maximum absolute atomic E-state index is 6.32. The maximum Gasteiger partial charge on any atom is 0.123 e. The van der Waals surface area contributed by atoms with Gasteiger partial charge in [-0.05, 0) is 25.1 Å². The van der Waals surface area contributed by atoms with Gasteiger partial charge in [-0.15, -0.1) is 11.3 Å². The Morgan fingerprint density at radius 1 is 1.25 bits per heavy atom. The molecule has 0 bridgehead atoms. The monoisotopic (exact) mass is 329 g/mol. The third-order valence-corrected chi connectivity index (χ3v) is 4.56. The van der Waals surface area contributed by atoms with E-state index >= 15 is 0 Å². The van der Waals surface area contributed by atoms with Crippen molar-refractivity contribution in [3.8, 4) is 5.75 Å². The number of benzene rings is 1. The van der Waals surface area contributed by atoms with Crippen molar-refractivity contribution in [2.75, 3.05) is 13.7 Å². The van der Waals surface area contributed by atoms with Gasteiger partial charge in [0.2, 0.25) is 0 Å². The molecular weight excluding hydrogens is 313 g/mol. The van der Waals surface area contributed by atoms with E-state index in [1.807, 2.05) is 30.3 Å². The van der Waals surface area contributed by atoms with Gasteiger partial charge in [0.25, 0.3) is 0 Å². The van der Waals surface area contributed by atoms with Crippen LogP contribution in [0.5, 0.6) is 5.75 Å². The normalized spacial score (nSPS) is 12.4. The van der Waals surface area contributed by atoms with Crippen molar-refractivity contribution >= 4 is 34.5 Å². The Kier molecular flexibility index (Phi) is 5.73. The number of ether oxygens (including phenoxy) is 1. The number of hydrogen-bond donors (Lipinski definition) is 1. The zero-order chi connectivity index (χ0) is 14.5. The molecule has 1 N–H and O–H groups in total. The average molecular weight is 330 g/mol. The number of thiophene rings is 1. The summed E-state index contributed by atoms with van der Waals surface area (Å²) in [5.74, 6) is 0.847. The molecule has 1 heterocycles. The van der Waals surface area contributed by atoms with Crippen molar-refractivity contribution in [3.05, 3.63) is 50.1 Å². The summed E-state index contributed by atoms with van der Waals surface area (Å²) in [5, 5.41) is 3.51. The molecule has 0 aliphatic carbocycles. The van der Waals surface area contributed by atoms with E-state index in [0.29, 0.717) is 4.34 Å². The van der Waals surface area contributed by atoms with Gasteiger partial charge >= 0.3 is 0 Å². The van der Waals surface area contributed by atoms with Crippen LogP contribution >= 0.6 is 34.5 Å². The summed E-state index contributed by atoms with van der Waals surface area (Å²) < 4.78 is 6.88. The van der Waals surface area contributed by atoms with Gasteiger partial charge in [-0.3, -0.25) is 0 Å². The predicted octanol–water partition coefficient (Wildman–Crippen LogP) is 5.15. The molecule has 2 rings (SSSR count). The van der Waals surface area contributed by atoms with Crippen molar-refractivity contribution in [1.29, 1.82) is 0 Å². The van der Waals surface area contributed by atoms with E-state index in [9.17, 15) is 0 Å². The topological polar surface area (TPSA) is 21.3 Å². The van der Waals surface area contributed by atoms with Gasteiger partial charge in [0.05, 0.1) is 21.8 Å². The quantitative estimate of drug-likeness (QED) is 0.790. The highest BCUT2D eigenvalue weighted by Crippen LogP contribution is 2.39. The molecule has 0 amide bonds. The second-order valence-electron chi connectivity index (χ2n) is 4.41. The summed E-state index contributed by atoms with van der Waals surface area (Å²) in [6, 6.07) is 9.88. The Morgan fingerprint density at radius 3 is 2.60 bits per heavy atom. The molecule has 2 aromatic rings. The molecule has 108 valence electrons. The van der Waals surface area contributed by atoms with Crippen LogP contribution in [0.3, 0.4) is 0 Å². The SMILES string of the molecule is CCCNC(c1ccccc1OC)c1cc(Cl)sc1Cl. The van der Waals surface area contributed by atoms with E-state index in [1.54, 1.807) is 7.11 Å². The summed E-state index contributed by atoms with van der Waals surface area (Å²) in [6.45, 7) is 3.03. The Hall–Kier alpha value is -0.740. The van der Waals surface area contributed by atoms with E-state index in [4.69, 9.17) is 27.9 Å². The maximum atomic E-state index is 6.32. The van der Waals surface area contributed by atoms with Gasteiger partial charge in [-0.1, -0.05) is 48.3 Å². The van der Waals surface area contributed by atoms with Crippen molar-refractivity contribution in [1.82, 2.24) is 5.32 Å². The lowest BCUT2D eigenvalue weighted by Crippen LogP contribution is -2.23. The van der Waals surface area contributed by atoms with Crippen molar-refractivity contribution in [2.24, 2.45) is 0 Å². The number of methoxy groups -OCH3 is 1. The highest BCUT2D eigenvalue weighted by Gasteiger charge is 2.21. The van der Waals surface area contributed by atoms with E-state index < -0.39 is 0 Å². The van der Waals surface area contributed by atoms with Crippen molar-refractivity contribution in [2.45, 2.75) is 19.4 Å². The van der Waals surface area contributed by atoms with Crippen LogP contribution in [0.25, 0.3) is 0 Å². The molecule has 1 aromatic heterocycles. The first-order valence-electron chi connectivity index (χ1n) is 6.48. The number of halogens is 2. The first-order valence-corrected chi connectivity index (χ1v) is 8.05. The molecule has 0 fully saturated rings. The fourth-order valence-corrected chi connectivity index (χ4v) is 3.66. The zero-order valence-corrected chi connectivity index (χ0v) is 13.8. The first kappa shape index (κ1) is 15.6. The Bertz CT molecular complexity index is 571. The lowest BCUT2D eigenvalue weighted by molar-refractivity contribution is 0.404. The van der Waals surface area contributed by atoms with Crippen LogP contribution in [0.4, 0.5) is 0 Å². The lowest BCUT2D eigenvalue weighted by atomic mass is 10.00. The fraction of sp³-hybridized carbons (Fsp3) is 0.333. The van der Waals surface area contributed by atoms with Gasteiger partial charge in [0.15, 0.2) is 0 Å². The molecule has 1 unspecified atom stereocenters. The summed E-state index contributed by atoms with van der Waals surface area (Å²) >= 11 is 13.8. The van der Waals surface area contributed by atoms with E-state index in [1.165, 1.54) is 11.3 Å². The van der Waals surface area contributed by atoms with Crippen LogP contribution in [-0.4, -0.2) is 13.7 Å². The second-order valence-corrected chi connectivity index (χ2v) is 6.69. The Morgan fingerprint density at radius 2 is 2.00 bits per heavy atom. The summed E-state index contributed by atoms with van der Waals surface area (Å²) in [7, 11) is 1.68. The summed E-state index contributed by atoms with van der Waals surface area (Å²) in [4.78, 5) is 0. The molecule has 0 aliphatic rings. The minimum Gasteiger partial charge on any atom is -0.496 e. The van der Waals surface area contributed by atoms with Crippen LogP contribution in [0, 0.1) is 0 Å². The fourth-order valence-electron chi connectivity index (χ4n) is 2.13. The number of nitrogens with one attached hydrogen (secondary N) is 1. The molecule has 0 saturated heterocycles. The third kappa shape index (κ3) is 3.47. The molecule has 2 nitrogen and oxygen atoms in total. The van der Waals surface area contributed by atoms with Gasteiger partial charge in [0.1, 0.15) is 5.75 Å². The standard InChI is InChI=1S/C15H17Cl2NOS/c1-3-8-18-14(11-9-13(16)20-15(11)17)10-6-4-5-7-12(10)19-2/h4-7,9,14,18H,3,8H2,1-2H3. The van der Waals surface area contributed by atoms with Crippen LogP contribution < -0.4 is 10.1 Å². The number of hydrogen-bond acceptors (Lipinski definition) is 3. The van der Waals surface area contributed by atoms with Crippen LogP contribution in [0.2, 0.25) is 8.67 Å². The Balaban J connectivity index is 2.44. The van der Waals surface area contributed by atoms with Gasteiger partial charge < -0.3 is 10.1 Å². The van der Waals surface area contributed by atoms with Crippen molar-refractivity contribution < 1.29 is 4.74 Å². The molecule has 20 heavy (non-hydrogen) atoms. The third-order valence-electron chi connectivity index (χ3n) is 3.04. The minimum absolute atomic E-state index is 0.0117. The number of rotatable bonds is 6. The minimum atomic E-state index is -0.0117. The highest BCUT2D eigenvalue weighted by molar-refractivity contribution is 7.20. The molecule has 5 heteroatoms. The first-order chi connectivity index (χ1) is 9.67. The molecule has 1 atom stereocenters. The predicted molar refractivity (Wildman–Crippen MR) is 87.5 cm³/mol. The highest BCUT2D eigenvalue weighted by atomic mass is 35.5. The molecule has 0 radical (unpaired) electrons. The van der Waals surface area contributed by atoms with E-state index in [-0.39, 0.29) is 6.04 Å². The molecule has 0 saturated carbocycles. The van der Waals surface area contributed by atoms with Gasteiger partial charge in [-0.25, -0.2) is 0 Å². The smallest absolute Gasteiger partial charge is 0.123 e. The van der Waals surface area contributed by atoms with Gasteiger partial charge in [0, 0.05) is 11.1 Å². The molecular formula is C15H17Cl2NOS. The molecule has 0 aliphatic heterocycles. The largest absolute Gasteiger partial charge is 0.496 e. The second kappa shape index (κ2) is 7.32.